The summed E-state index contributed by atoms with van der Waals surface area (Å²) in [6.45, 7) is 6.21. The maximum absolute atomic E-state index is 5.54. The van der Waals surface area contributed by atoms with Crippen LogP contribution in [0.25, 0.3) is 0 Å². The first-order valence-electron chi connectivity index (χ1n) is 5.81. The van der Waals surface area contributed by atoms with Crippen LogP contribution in [0.2, 0.25) is 0 Å². The zero-order valence-corrected chi connectivity index (χ0v) is 9.20. The highest BCUT2D eigenvalue weighted by Crippen LogP contribution is 2.46. The summed E-state index contributed by atoms with van der Waals surface area (Å²) in [5, 5.41) is 3.54. The molecule has 3 heteroatoms. The van der Waals surface area contributed by atoms with Crippen LogP contribution >= 0.6 is 0 Å². The predicted octanol–water partition coefficient (Wildman–Crippen LogP) is 1.56. The molecule has 1 N–H and O–H groups in total. The molecule has 0 saturated carbocycles. The SMILES string of the molecule is CCn1ccc([C@@H]2NC[C@]23CCOC3)c1. The van der Waals surface area contributed by atoms with Gasteiger partial charge in [-0.3, -0.25) is 0 Å². The van der Waals surface area contributed by atoms with E-state index in [1.54, 1.807) is 0 Å². The first kappa shape index (κ1) is 9.43. The molecule has 0 aromatic carbocycles. The molecule has 0 amide bonds. The maximum atomic E-state index is 5.54. The molecule has 1 aromatic rings. The van der Waals surface area contributed by atoms with Crippen molar-refractivity contribution in [2.75, 3.05) is 19.8 Å². The van der Waals surface area contributed by atoms with E-state index < -0.39 is 0 Å². The van der Waals surface area contributed by atoms with Crippen LogP contribution in [0.3, 0.4) is 0 Å². The van der Waals surface area contributed by atoms with Gasteiger partial charge in [0.15, 0.2) is 0 Å². The van der Waals surface area contributed by atoms with Gasteiger partial charge in [-0.2, -0.15) is 0 Å². The Kier molecular flexibility index (Phi) is 2.11. The Balaban J connectivity index is 1.82. The third kappa shape index (κ3) is 1.34. The van der Waals surface area contributed by atoms with Crippen molar-refractivity contribution in [3.05, 3.63) is 24.0 Å². The van der Waals surface area contributed by atoms with Crippen molar-refractivity contribution >= 4 is 0 Å². The molecule has 3 rings (SSSR count). The summed E-state index contributed by atoms with van der Waals surface area (Å²) in [7, 11) is 0. The fourth-order valence-electron chi connectivity index (χ4n) is 2.78. The average molecular weight is 206 g/mol. The predicted molar refractivity (Wildman–Crippen MR) is 58.7 cm³/mol. The summed E-state index contributed by atoms with van der Waals surface area (Å²) >= 11 is 0. The molecule has 1 spiro atoms. The van der Waals surface area contributed by atoms with Crippen LogP contribution in [0.1, 0.15) is 24.9 Å². The molecule has 15 heavy (non-hydrogen) atoms. The summed E-state index contributed by atoms with van der Waals surface area (Å²) in [4.78, 5) is 0. The van der Waals surface area contributed by atoms with E-state index in [1.165, 1.54) is 12.0 Å². The molecule has 0 unspecified atom stereocenters. The Hall–Kier alpha value is -0.800. The minimum Gasteiger partial charge on any atom is -0.381 e. The number of aromatic nitrogens is 1. The van der Waals surface area contributed by atoms with Gasteiger partial charge in [-0.25, -0.2) is 0 Å². The van der Waals surface area contributed by atoms with Crippen LogP contribution in [0, 0.1) is 5.41 Å². The Morgan fingerprint density at radius 3 is 3.13 bits per heavy atom. The van der Waals surface area contributed by atoms with Gasteiger partial charge in [0.1, 0.15) is 0 Å². The normalized spacial score (nSPS) is 34.6. The molecule has 0 radical (unpaired) electrons. The average Bonchev–Trinajstić information content (AvgIpc) is 2.85. The minimum absolute atomic E-state index is 0.403. The van der Waals surface area contributed by atoms with Gasteiger partial charge >= 0.3 is 0 Å². The lowest BCUT2D eigenvalue weighted by molar-refractivity contribution is 0.0577. The molecule has 1 aromatic heterocycles. The lowest BCUT2D eigenvalue weighted by Gasteiger charge is -2.47. The summed E-state index contributed by atoms with van der Waals surface area (Å²) in [5.74, 6) is 0. The fourth-order valence-corrected chi connectivity index (χ4v) is 2.78. The lowest BCUT2D eigenvalue weighted by atomic mass is 9.71. The number of aryl methyl sites for hydroxylation is 1. The maximum Gasteiger partial charge on any atom is 0.0553 e. The first-order valence-corrected chi connectivity index (χ1v) is 5.81. The van der Waals surface area contributed by atoms with Crippen LogP contribution in [-0.2, 0) is 11.3 Å². The van der Waals surface area contributed by atoms with Gasteiger partial charge in [-0.15, -0.1) is 0 Å². The smallest absolute Gasteiger partial charge is 0.0553 e. The van der Waals surface area contributed by atoms with Crippen molar-refractivity contribution in [3.63, 3.8) is 0 Å². The Bertz CT molecular complexity index is 352. The Morgan fingerprint density at radius 2 is 2.60 bits per heavy atom. The monoisotopic (exact) mass is 206 g/mol. The number of hydrogen-bond donors (Lipinski definition) is 1. The second kappa shape index (κ2) is 3.35. The van der Waals surface area contributed by atoms with Crippen molar-refractivity contribution < 1.29 is 4.74 Å². The zero-order chi connectivity index (χ0) is 10.3. The van der Waals surface area contributed by atoms with Crippen LogP contribution < -0.4 is 5.32 Å². The van der Waals surface area contributed by atoms with E-state index in [9.17, 15) is 0 Å². The second-order valence-electron chi connectivity index (χ2n) is 4.75. The summed E-state index contributed by atoms with van der Waals surface area (Å²) < 4.78 is 7.78. The van der Waals surface area contributed by atoms with Gasteiger partial charge < -0.3 is 14.6 Å². The molecule has 2 aliphatic rings. The Labute approximate surface area is 90.4 Å². The fraction of sp³-hybridized carbons (Fsp3) is 0.667. The third-order valence-corrected chi connectivity index (χ3v) is 3.88. The van der Waals surface area contributed by atoms with Gasteiger partial charge in [-0.1, -0.05) is 0 Å². The number of nitrogens with one attached hydrogen (secondary N) is 1. The van der Waals surface area contributed by atoms with Gasteiger partial charge in [0.2, 0.25) is 0 Å². The van der Waals surface area contributed by atoms with E-state index in [4.69, 9.17) is 4.74 Å². The number of rotatable bonds is 2. The molecule has 3 heterocycles. The number of hydrogen-bond acceptors (Lipinski definition) is 2. The largest absolute Gasteiger partial charge is 0.381 e. The summed E-state index contributed by atoms with van der Waals surface area (Å²) in [6.07, 6.45) is 5.64. The molecule has 82 valence electrons. The van der Waals surface area contributed by atoms with Crippen LogP contribution in [0.4, 0.5) is 0 Å². The molecule has 0 aliphatic carbocycles. The summed E-state index contributed by atoms with van der Waals surface area (Å²) in [5.41, 5.74) is 1.83. The quantitative estimate of drug-likeness (QED) is 0.794. The zero-order valence-electron chi connectivity index (χ0n) is 9.20. The molecule has 2 atom stereocenters. The van der Waals surface area contributed by atoms with Crippen LogP contribution in [0.15, 0.2) is 18.5 Å². The van der Waals surface area contributed by atoms with Crippen molar-refractivity contribution in [2.45, 2.75) is 25.9 Å². The van der Waals surface area contributed by atoms with E-state index >= 15 is 0 Å². The molecular formula is C12H18N2O. The van der Waals surface area contributed by atoms with Gasteiger partial charge in [0, 0.05) is 43.5 Å². The van der Waals surface area contributed by atoms with Crippen molar-refractivity contribution in [1.29, 1.82) is 0 Å². The Morgan fingerprint density at radius 1 is 1.67 bits per heavy atom. The van der Waals surface area contributed by atoms with E-state index in [0.29, 0.717) is 11.5 Å². The second-order valence-corrected chi connectivity index (χ2v) is 4.75. The molecule has 3 nitrogen and oxygen atoms in total. The number of ether oxygens (including phenoxy) is 1. The van der Waals surface area contributed by atoms with E-state index in [0.717, 1.165) is 26.3 Å². The first-order chi connectivity index (χ1) is 7.34. The minimum atomic E-state index is 0.403. The van der Waals surface area contributed by atoms with Gasteiger partial charge in [0.05, 0.1) is 6.61 Å². The van der Waals surface area contributed by atoms with Crippen molar-refractivity contribution in [2.24, 2.45) is 5.41 Å². The standard InChI is InChI=1S/C12H18N2O/c1-2-14-5-3-10(7-14)11-12(8-13-11)4-6-15-9-12/h3,5,7,11,13H,2,4,6,8-9H2,1H3/t11-,12-/m0/s1. The van der Waals surface area contributed by atoms with Crippen LogP contribution in [-0.4, -0.2) is 24.3 Å². The highest BCUT2D eigenvalue weighted by Gasteiger charge is 2.49. The van der Waals surface area contributed by atoms with E-state index in [-0.39, 0.29) is 0 Å². The van der Waals surface area contributed by atoms with Crippen molar-refractivity contribution in [3.8, 4) is 0 Å². The van der Waals surface area contributed by atoms with Gasteiger partial charge in [-0.05, 0) is 25.0 Å². The number of nitrogens with zero attached hydrogens (tertiary/aromatic N) is 1. The topological polar surface area (TPSA) is 26.2 Å². The molecule has 0 bridgehead atoms. The summed E-state index contributed by atoms with van der Waals surface area (Å²) in [6, 6.07) is 2.76. The molecule has 2 aliphatic heterocycles. The van der Waals surface area contributed by atoms with Crippen molar-refractivity contribution in [1.82, 2.24) is 9.88 Å². The van der Waals surface area contributed by atoms with Gasteiger partial charge in [0.25, 0.3) is 0 Å². The lowest BCUT2D eigenvalue weighted by Crippen LogP contribution is -2.56. The third-order valence-electron chi connectivity index (χ3n) is 3.88. The highest BCUT2D eigenvalue weighted by atomic mass is 16.5. The van der Waals surface area contributed by atoms with E-state index in [2.05, 4.69) is 35.3 Å². The van der Waals surface area contributed by atoms with E-state index in [1.807, 2.05) is 0 Å². The molecule has 2 fully saturated rings. The molecule has 2 saturated heterocycles. The highest BCUT2D eigenvalue weighted by molar-refractivity contribution is 5.23. The molecular weight excluding hydrogens is 188 g/mol. The van der Waals surface area contributed by atoms with Crippen LogP contribution in [0.5, 0.6) is 0 Å².